The first-order chi connectivity index (χ1) is 8.75. The summed E-state index contributed by atoms with van der Waals surface area (Å²) < 4.78 is 37.4. The van der Waals surface area contributed by atoms with Gasteiger partial charge in [-0.3, -0.25) is 10.1 Å². The van der Waals surface area contributed by atoms with Crippen LogP contribution in [0.15, 0.2) is 18.2 Å². The van der Waals surface area contributed by atoms with Crippen molar-refractivity contribution in [3.8, 4) is 0 Å². The van der Waals surface area contributed by atoms with Crippen LogP contribution in [0.2, 0.25) is 0 Å². The van der Waals surface area contributed by atoms with Crippen molar-refractivity contribution < 1.29 is 23.2 Å². The van der Waals surface area contributed by atoms with Gasteiger partial charge in [-0.1, -0.05) is 19.4 Å². The highest BCUT2D eigenvalue weighted by Gasteiger charge is 2.33. The second-order valence-corrected chi connectivity index (χ2v) is 4.24. The standard InChI is InChI=1S/C12H14F3NO3/c1-2-3-10(17)6-8-4-5-9(12(13,14)15)7-11(8)16(18)19/h4-5,7,10,17H,2-3,6H2,1H3. The smallest absolute Gasteiger partial charge is 0.393 e. The highest BCUT2D eigenvalue weighted by atomic mass is 19.4. The largest absolute Gasteiger partial charge is 0.416 e. The van der Waals surface area contributed by atoms with Crippen molar-refractivity contribution >= 4 is 5.69 Å². The van der Waals surface area contributed by atoms with Crippen LogP contribution in [0, 0.1) is 10.1 Å². The number of nitrogens with zero attached hydrogens (tertiary/aromatic N) is 1. The van der Waals surface area contributed by atoms with Gasteiger partial charge in [0, 0.05) is 18.1 Å². The molecular weight excluding hydrogens is 263 g/mol. The van der Waals surface area contributed by atoms with Crippen LogP contribution in [-0.4, -0.2) is 16.1 Å². The van der Waals surface area contributed by atoms with Crippen LogP contribution in [0.4, 0.5) is 18.9 Å². The third-order valence-electron chi connectivity index (χ3n) is 2.69. The molecule has 0 aliphatic rings. The molecule has 0 saturated carbocycles. The normalized spacial score (nSPS) is 13.3. The number of aliphatic hydroxyl groups excluding tert-OH is 1. The molecule has 0 aromatic heterocycles. The number of aliphatic hydroxyl groups is 1. The maximum absolute atomic E-state index is 12.5. The molecule has 0 fully saturated rings. The Morgan fingerprint density at radius 2 is 2.05 bits per heavy atom. The topological polar surface area (TPSA) is 63.4 Å². The van der Waals surface area contributed by atoms with Gasteiger partial charge in [-0.2, -0.15) is 13.2 Å². The molecule has 19 heavy (non-hydrogen) atoms. The van der Waals surface area contributed by atoms with E-state index in [1.807, 2.05) is 6.92 Å². The Hall–Kier alpha value is -1.63. The quantitative estimate of drug-likeness (QED) is 0.663. The van der Waals surface area contributed by atoms with Crippen LogP contribution in [0.5, 0.6) is 0 Å². The summed E-state index contributed by atoms with van der Waals surface area (Å²) in [6, 6.07) is 2.36. The van der Waals surface area contributed by atoms with Gasteiger partial charge in [-0.05, 0) is 12.5 Å². The third kappa shape index (κ3) is 4.20. The molecule has 4 nitrogen and oxygen atoms in total. The Morgan fingerprint density at radius 3 is 2.53 bits per heavy atom. The highest BCUT2D eigenvalue weighted by molar-refractivity contribution is 5.44. The molecule has 1 aromatic carbocycles. The molecular formula is C12H14F3NO3. The van der Waals surface area contributed by atoms with E-state index in [-0.39, 0.29) is 12.0 Å². The first-order valence-electron chi connectivity index (χ1n) is 5.78. The second kappa shape index (κ2) is 6.01. The summed E-state index contributed by atoms with van der Waals surface area (Å²) >= 11 is 0. The lowest BCUT2D eigenvalue weighted by Crippen LogP contribution is -2.12. The van der Waals surface area contributed by atoms with E-state index < -0.39 is 28.5 Å². The van der Waals surface area contributed by atoms with Crippen molar-refractivity contribution in [3.63, 3.8) is 0 Å². The van der Waals surface area contributed by atoms with Gasteiger partial charge < -0.3 is 5.11 Å². The second-order valence-electron chi connectivity index (χ2n) is 4.24. The van der Waals surface area contributed by atoms with E-state index in [0.29, 0.717) is 18.9 Å². The lowest BCUT2D eigenvalue weighted by Gasteiger charge is -2.11. The number of benzene rings is 1. The van der Waals surface area contributed by atoms with Crippen LogP contribution in [0.1, 0.15) is 30.9 Å². The average Bonchev–Trinajstić information content (AvgIpc) is 2.27. The lowest BCUT2D eigenvalue weighted by atomic mass is 10.0. The van der Waals surface area contributed by atoms with Crippen LogP contribution in [0.3, 0.4) is 0 Å². The molecule has 0 amide bonds. The first kappa shape index (κ1) is 15.4. The Labute approximate surface area is 108 Å². The summed E-state index contributed by atoms with van der Waals surface area (Å²) in [6.45, 7) is 1.84. The molecule has 0 aliphatic heterocycles. The van der Waals surface area contributed by atoms with Crippen molar-refractivity contribution in [2.45, 2.75) is 38.5 Å². The van der Waals surface area contributed by atoms with Gasteiger partial charge in [-0.25, -0.2) is 0 Å². The average molecular weight is 277 g/mol. The highest BCUT2D eigenvalue weighted by Crippen LogP contribution is 2.33. The zero-order valence-electron chi connectivity index (χ0n) is 10.3. The Balaban J connectivity index is 3.09. The molecule has 1 N–H and O–H groups in total. The molecule has 0 heterocycles. The van der Waals surface area contributed by atoms with Crippen LogP contribution < -0.4 is 0 Å². The molecule has 1 atom stereocenters. The molecule has 0 aliphatic carbocycles. The maximum atomic E-state index is 12.5. The molecule has 106 valence electrons. The van der Waals surface area contributed by atoms with Crippen molar-refractivity contribution in [1.29, 1.82) is 0 Å². The van der Waals surface area contributed by atoms with Gasteiger partial charge in [0.25, 0.3) is 5.69 Å². The fourth-order valence-electron chi connectivity index (χ4n) is 1.77. The van der Waals surface area contributed by atoms with Gasteiger partial charge >= 0.3 is 6.18 Å². The van der Waals surface area contributed by atoms with E-state index in [1.54, 1.807) is 0 Å². The van der Waals surface area contributed by atoms with Crippen LogP contribution >= 0.6 is 0 Å². The van der Waals surface area contributed by atoms with Crippen LogP contribution in [-0.2, 0) is 12.6 Å². The van der Waals surface area contributed by atoms with Crippen molar-refractivity contribution in [3.05, 3.63) is 39.4 Å². The van der Waals surface area contributed by atoms with Crippen LogP contribution in [0.25, 0.3) is 0 Å². The number of halogens is 3. The number of hydrogen-bond donors (Lipinski definition) is 1. The summed E-state index contributed by atoms with van der Waals surface area (Å²) in [5.74, 6) is 0. The minimum Gasteiger partial charge on any atom is -0.393 e. The zero-order valence-corrected chi connectivity index (χ0v) is 10.3. The van der Waals surface area contributed by atoms with E-state index in [9.17, 15) is 28.4 Å². The van der Waals surface area contributed by atoms with E-state index in [0.717, 1.165) is 12.1 Å². The van der Waals surface area contributed by atoms with Crippen molar-refractivity contribution in [2.24, 2.45) is 0 Å². The summed E-state index contributed by atoms with van der Waals surface area (Å²) in [4.78, 5) is 9.94. The Morgan fingerprint density at radius 1 is 1.42 bits per heavy atom. The molecule has 1 rings (SSSR count). The van der Waals surface area contributed by atoms with Gasteiger partial charge in [0.15, 0.2) is 0 Å². The summed E-state index contributed by atoms with van der Waals surface area (Å²) in [7, 11) is 0. The Bertz CT molecular complexity index is 460. The van der Waals surface area contributed by atoms with Gasteiger partial charge in [0.2, 0.25) is 0 Å². The fraction of sp³-hybridized carbons (Fsp3) is 0.500. The molecule has 0 saturated heterocycles. The number of alkyl halides is 3. The number of nitro benzene ring substituents is 1. The third-order valence-corrected chi connectivity index (χ3v) is 2.69. The minimum atomic E-state index is -4.62. The summed E-state index contributed by atoms with van der Waals surface area (Å²) in [5, 5.41) is 20.4. The Kier molecular flexibility index (Phi) is 4.88. The predicted molar refractivity (Wildman–Crippen MR) is 62.7 cm³/mol. The number of nitro groups is 1. The molecule has 7 heteroatoms. The van der Waals surface area contributed by atoms with Gasteiger partial charge in [0.1, 0.15) is 0 Å². The maximum Gasteiger partial charge on any atom is 0.416 e. The van der Waals surface area contributed by atoms with E-state index >= 15 is 0 Å². The summed E-state index contributed by atoms with van der Waals surface area (Å²) in [5.41, 5.74) is -1.56. The van der Waals surface area contributed by atoms with Crippen molar-refractivity contribution in [1.82, 2.24) is 0 Å². The lowest BCUT2D eigenvalue weighted by molar-refractivity contribution is -0.385. The van der Waals surface area contributed by atoms with Gasteiger partial charge in [-0.15, -0.1) is 0 Å². The predicted octanol–water partition coefficient (Wildman–Crippen LogP) is 3.32. The molecule has 0 radical (unpaired) electrons. The van der Waals surface area contributed by atoms with E-state index in [2.05, 4.69) is 0 Å². The fourth-order valence-corrected chi connectivity index (χ4v) is 1.77. The number of hydrogen-bond acceptors (Lipinski definition) is 3. The van der Waals surface area contributed by atoms with E-state index in [1.165, 1.54) is 0 Å². The SMILES string of the molecule is CCCC(O)Cc1ccc(C(F)(F)F)cc1[N+](=O)[O-]. The minimum absolute atomic E-state index is 0.0255. The van der Waals surface area contributed by atoms with Crippen molar-refractivity contribution in [2.75, 3.05) is 0 Å². The zero-order chi connectivity index (χ0) is 14.6. The first-order valence-corrected chi connectivity index (χ1v) is 5.78. The molecule has 1 aromatic rings. The van der Waals surface area contributed by atoms with Gasteiger partial charge in [0.05, 0.1) is 16.6 Å². The molecule has 0 spiro atoms. The number of rotatable bonds is 5. The summed E-state index contributed by atoms with van der Waals surface area (Å²) in [6.07, 6.45) is -4.30. The van der Waals surface area contributed by atoms with E-state index in [4.69, 9.17) is 0 Å². The molecule has 1 unspecified atom stereocenters. The monoisotopic (exact) mass is 277 g/mol. The molecule has 0 bridgehead atoms.